The zero-order chi connectivity index (χ0) is 14.5. The molecular weight excluding hydrogens is 297 g/mol. The van der Waals surface area contributed by atoms with Gasteiger partial charge in [0.25, 0.3) is 0 Å². The van der Waals surface area contributed by atoms with Crippen LogP contribution in [0.25, 0.3) is 0 Å². The number of hydrogen-bond acceptors (Lipinski definition) is 3. The summed E-state index contributed by atoms with van der Waals surface area (Å²) in [5, 5.41) is 11.2. The number of hydrogen-bond donors (Lipinski definition) is 1. The first kappa shape index (κ1) is 15.1. The molecule has 0 radical (unpaired) electrons. The van der Waals surface area contributed by atoms with E-state index in [2.05, 4.69) is 4.98 Å². The van der Waals surface area contributed by atoms with Crippen molar-refractivity contribution in [3.63, 3.8) is 0 Å². The summed E-state index contributed by atoms with van der Waals surface area (Å²) in [7, 11) is 0. The summed E-state index contributed by atoms with van der Waals surface area (Å²) in [5.74, 6) is 0.651. The van der Waals surface area contributed by atoms with Crippen LogP contribution in [0.5, 0.6) is 5.75 Å². The minimum atomic E-state index is -0.667. The van der Waals surface area contributed by atoms with Crippen LogP contribution in [0.3, 0.4) is 0 Å². The van der Waals surface area contributed by atoms with Gasteiger partial charge in [-0.25, -0.2) is 0 Å². The lowest BCUT2D eigenvalue weighted by Gasteiger charge is -2.12. The molecule has 2 aromatic rings. The molecule has 1 heterocycles. The Morgan fingerprint density at radius 1 is 1.20 bits per heavy atom. The van der Waals surface area contributed by atoms with Crippen molar-refractivity contribution in [2.45, 2.75) is 19.4 Å². The Morgan fingerprint density at radius 2 is 2.00 bits per heavy atom. The summed E-state index contributed by atoms with van der Waals surface area (Å²) < 4.78 is 5.37. The van der Waals surface area contributed by atoms with E-state index in [0.29, 0.717) is 34.4 Å². The normalized spacial score (nSPS) is 12.2. The molecule has 0 aliphatic heterocycles. The number of aliphatic hydroxyl groups excluding tert-OH is 1. The number of aromatic nitrogens is 1. The molecule has 1 N–H and O–H groups in total. The van der Waals surface area contributed by atoms with Gasteiger partial charge < -0.3 is 9.84 Å². The molecule has 0 aliphatic rings. The van der Waals surface area contributed by atoms with Gasteiger partial charge >= 0.3 is 0 Å². The summed E-state index contributed by atoms with van der Waals surface area (Å²) in [4.78, 5) is 4.07. The highest BCUT2D eigenvalue weighted by Crippen LogP contribution is 2.26. The smallest absolute Gasteiger partial charge is 0.137 e. The average molecular weight is 312 g/mol. The van der Waals surface area contributed by atoms with Gasteiger partial charge in [-0.15, -0.1) is 0 Å². The number of halogens is 2. The van der Waals surface area contributed by atoms with Gasteiger partial charge in [0.2, 0.25) is 0 Å². The quantitative estimate of drug-likeness (QED) is 0.905. The second-order valence-electron chi connectivity index (χ2n) is 4.36. The van der Waals surface area contributed by atoms with Gasteiger partial charge in [0.15, 0.2) is 0 Å². The van der Waals surface area contributed by atoms with Crippen LogP contribution < -0.4 is 4.74 Å². The molecule has 5 heteroatoms. The minimum absolute atomic E-state index is 0.439. The van der Waals surface area contributed by atoms with Gasteiger partial charge in [-0.3, -0.25) is 4.98 Å². The van der Waals surface area contributed by atoms with E-state index >= 15 is 0 Å². The second-order valence-corrected chi connectivity index (χ2v) is 5.17. The molecule has 106 valence electrons. The predicted molar refractivity (Wildman–Crippen MR) is 80.5 cm³/mol. The molecule has 0 fully saturated rings. The molecule has 20 heavy (non-hydrogen) atoms. The highest BCUT2D eigenvalue weighted by Gasteiger charge is 2.11. The maximum atomic E-state index is 10.3. The van der Waals surface area contributed by atoms with E-state index in [-0.39, 0.29) is 0 Å². The molecule has 3 nitrogen and oxygen atoms in total. The third-order valence-electron chi connectivity index (χ3n) is 2.84. The Balaban J connectivity index is 2.12. The predicted octanol–water partition coefficient (Wildman–Crippen LogP) is 4.06. The highest BCUT2D eigenvalue weighted by atomic mass is 35.5. The standard InChI is InChI=1S/C15H15Cl2NO2/c1-2-20-12-7-11(8-18-9-12)15(19)6-10-3-4-13(16)14(17)5-10/h3-5,7-9,15,19H,2,6H2,1H3. The molecule has 0 bridgehead atoms. The molecule has 0 spiro atoms. The van der Waals surface area contributed by atoms with Crippen LogP contribution in [-0.4, -0.2) is 16.7 Å². The number of benzene rings is 1. The second kappa shape index (κ2) is 6.93. The number of nitrogens with zero attached hydrogens (tertiary/aromatic N) is 1. The number of aliphatic hydroxyl groups is 1. The van der Waals surface area contributed by atoms with E-state index in [4.69, 9.17) is 27.9 Å². The average Bonchev–Trinajstić information content (AvgIpc) is 2.43. The first-order valence-electron chi connectivity index (χ1n) is 6.30. The third kappa shape index (κ3) is 3.85. The monoisotopic (exact) mass is 311 g/mol. The van der Waals surface area contributed by atoms with Gasteiger partial charge in [-0.2, -0.15) is 0 Å². The van der Waals surface area contributed by atoms with Crippen LogP contribution in [0.4, 0.5) is 0 Å². The van der Waals surface area contributed by atoms with E-state index in [1.165, 1.54) is 0 Å². The molecule has 0 saturated carbocycles. The van der Waals surface area contributed by atoms with Crippen LogP contribution in [-0.2, 0) is 6.42 Å². The Bertz CT molecular complexity index is 590. The first-order valence-corrected chi connectivity index (χ1v) is 7.05. The first-order chi connectivity index (χ1) is 9.60. The fourth-order valence-electron chi connectivity index (χ4n) is 1.87. The van der Waals surface area contributed by atoms with Gasteiger partial charge in [-0.1, -0.05) is 29.3 Å². The van der Waals surface area contributed by atoms with Crippen LogP contribution in [0.1, 0.15) is 24.2 Å². The molecular formula is C15H15Cl2NO2. The Labute approximate surface area is 128 Å². The molecule has 1 atom stereocenters. The third-order valence-corrected chi connectivity index (χ3v) is 3.58. The molecule has 2 rings (SSSR count). The van der Waals surface area contributed by atoms with Crippen molar-refractivity contribution in [3.8, 4) is 5.75 Å². The van der Waals surface area contributed by atoms with Crippen LogP contribution >= 0.6 is 23.2 Å². The maximum absolute atomic E-state index is 10.3. The Hall–Kier alpha value is -1.29. The lowest BCUT2D eigenvalue weighted by Crippen LogP contribution is -2.03. The maximum Gasteiger partial charge on any atom is 0.137 e. The molecule has 0 saturated heterocycles. The van der Waals surface area contributed by atoms with Crippen molar-refractivity contribution in [2.75, 3.05) is 6.61 Å². The summed E-state index contributed by atoms with van der Waals surface area (Å²) in [6.45, 7) is 2.47. The van der Waals surface area contributed by atoms with Crippen molar-refractivity contribution in [3.05, 3.63) is 57.8 Å². The van der Waals surface area contributed by atoms with Crippen molar-refractivity contribution in [1.29, 1.82) is 0 Å². The van der Waals surface area contributed by atoms with Crippen molar-refractivity contribution < 1.29 is 9.84 Å². The molecule has 1 unspecified atom stereocenters. The van der Waals surface area contributed by atoms with Gasteiger partial charge in [0.1, 0.15) is 5.75 Å². The van der Waals surface area contributed by atoms with E-state index in [1.807, 2.05) is 13.0 Å². The minimum Gasteiger partial charge on any atom is -0.492 e. The summed E-state index contributed by atoms with van der Waals surface area (Å²) in [6, 6.07) is 7.11. The summed E-state index contributed by atoms with van der Waals surface area (Å²) in [6.07, 6.45) is 3.03. The van der Waals surface area contributed by atoms with Crippen LogP contribution in [0.15, 0.2) is 36.7 Å². The van der Waals surface area contributed by atoms with Crippen molar-refractivity contribution in [2.24, 2.45) is 0 Å². The van der Waals surface area contributed by atoms with E-state index in [9.17, 15) is 5.11 Å². The lowest BCUT2D eigenvalue weighted by atomic mass is 10.0. The Kier molecular flexibility index (Phi) is 5.24. The highest BCUT2D eigenvalue weighted by molar-refractivity contribution is 6.42. The molecule has 0 amide bonds. The fourth-order valence-corrected chi connectivity index (χ4v) is 2.19. The molecule has 1 aromatic carbocycles. The van der Waals surface area contributed by atoms with Crippen molar-refractivity contribution >= 4 is 23.2 Å². The fraction of sp³-hybridized carbons (Fsp3) is 0.267. The number of ether oxygens (including phenoxy) is 1. The summed E-state index contributed by atoms with van der Waals surface area (Å²) in [5.41, 5.74) is 1.62. The van der Waals surface area contributed by atoms with E-state index < -0.39 is 6.10 Å². The number of rotatable bonds is 5. The van der Waals surface area contributed by atoms with Crippen LogP contribution in [0, 0.1) is 0 Å². The van der Waals surface area contributed by atoms with Gasteiger partial charge in [0.05, 0.1) is 29.0 Å². The number of pyridine rings is 1. The Morgan fingerprint density at radius 3 is 2.70 bits per heavy atom. The van der Waals surface area contributed by atoms with Gasteiger partial charge in [0, 0.05) is 18.2 Å². The largest absolute Gasteiger partial charge is 0.492 e. The molecule has 1 aromatic heterocycles. The zero-order valence-electron chi connectivity index (χ0n) is 11.0. The van der Waals surface area contributed by atoms with Crippen LogP contribution in [0.2, 0.25) is 10.0 Å². The SMILES string of the molecule is CCOc1cncc(C(O)Cc2ccc(Cl)c(Cl)c2)c1. The van der Waals surface area contributed by atoms with E-state index in [0.717, 1.165) is 5.56 Å². The lowest BCUT2D eigenvalue weighted by molar-refractivity contribution is 0.177. The van der Waals surface area contributed by atoms with Crippen molar-refractivity contribution in [1.82, 2.24) is 4.98 Å². The molecule has 0 aliphatic carbocycles. The van der Waals surface area contributed by atoms with E-state index in [1.54, 1.807) is 30.6 Å². The van der Waals surface area contributed by atoms with Gasteiger partial charge in [-0.05, 0) is 30.7 Å². The zero-order valence-corrected chi connectivity index (χ0v) is 12.5. The topological polar surface area (TPSA) is 42.4 Å². The summed E-state index contributed by atoms with van der Waals surface area (Å²) >= 11 is 11.8.